The highest BCUT2D eigenvalue weighted by Gasteiger charge is 2.14. The Bertz CT molecular complexity index is 445. The average Bonchev–Trinajstić information content (AvgIpc) is 2.87. The maximum absolute atomic E-state index is 10.9. The topological polar surface area (TPSA) is 84.3 Å². The third-order valence-electron chi connectivity index (χ3n) is 3.11. The van der Waals surface area contributed by atoms with E-state index in [1.54, 1.807) is 6.92 Å². The van der Waals surface area contributed by atoms with Gasteiger partial charge < -0.3 is 15.2 Å². The van der Waals surface area contributed by atoms with Crippen LogP contribution in [-0.2, 0) is 4.74 Å². The van der Waals surface area contributed by atoms with E-state index in [1.165, 1.54) is 18.9 Å². The van der Waals surface area contributed by atoms with Crippen molar-refractivity contribution in [3.8, 4) is 0 Å². The first kappa shape index (κ1) is 13.7. The first-order valence-electron chi connectivity index (χ1n) is 6.59. The summed E-state index contributed by atoms with van der Waals surface area (Å²) in [6, 6.07) is 1.45. The van der Waals surface area contributed by atoms with Gasteiger partial charge in [0.2, 0.25) is 5.95 Å². The van der Waals surface area contributed by atoms with Crippen LogP contribution in [-0.4, -0.2) is 40.3 Å². The number of carboxylic acids is 1. The SMILES string of the molecule is Cc1cc(C(=O)O)nc(NCCOC2CCCC2)n1. The van der Waals surface area contributed by atoms with E-state index in [2.05, 4.69) is 15.3 Å². The molecular formula is C13H19N3O3. The van der Waals surface area contributed by atoms with Gasteiger partial charge >= 0.3 is 5.97 Å². The highest BCUT2D eigenvalue weighted by molar-refractivity contribution is 5.85. The molecule has 0 unspecified atom stereocenters. The zero-order chi connectivity index (χ0) is 13.7. The van der Waals surface area contributed by atoms with E-state index in [9.17, 15) is 4.79 Å². The highest BCUT2D eigenvalue weighted by Crippen LogP contribution is 2.20. The Morgan fingerprint density at radius 3 is 2.89 bits per heavy atom. The van der Waals surface area contributed by atoms with Crippen LogP contribution in [0.2, 0.25) is 0 Å². The van der Waals surface area contributed by atoms with Gasteiger partial charge in [-0.25, -0.2) is 14.8 Å². The van der Waals surface area contributed by atoms with E-state index in [1.807, 2.05) is 0 Å². The van der Waals surface area contributed by atoms with Crippen molar-refractivity contribution < 1.29 is 14.6 Å². The minimum absolute atomic E-state index is 0.00621. The second-order valence-corrected chi connectivity index (χ2v) is 4.73. The molecule has 1 fully saturated rings. The van der Waals surface area contributed by atoms with Gasteiger partial charge in [-0.2, -0.15) is 0 Å². The minimum Gasteiger partial charge on any atom is -0.477 e. The Morgan fingerprint density at radius 1 is 1.47 bits per heavy atom. The summed E-state index contributed by atoms with van der Waals surface area (Å²) < 4.78 is 5.70. The Kier molecular flexibility index (Phi) is 4.68. The molecule has 104 valence electrons. The molecule has 6 nitrogen and oxygen atoms in total. The number of hydrogen-bond acceptors (Lipinski definition) is 5. The van der Waals surface area contributed by atoms with E-state index in [-0.39, 0.29) is 5.69 Å². The second-order valence-electron chi connectivity index (χ2n) is 4.73. The number of hydrogen-bond donors (Lipinski definition) is 2. The molecule has 1 heterocycles. The molecule has 0 atom stereocenters. The molecule has 1 aliphatic rings. The number of carboxylic acid groups (broad SMARTS) is 1. The third kappa shape index (κ3) is 4.17. The molecule has 0 aromatic carbocycles. The molecule has 1 aromatic heterocycles. The summed E-state index contributed by atoms with van der Waals surface area (Å²) in [5, 5.41) is 11.9. The van der Waals surface area contributed by atoms with E-state index < -0.39 is 5.97 Å². The predicted octanol–water partition coefficient (Wildman–Crippen LogP) is 1.85. The number of aryl methyl sites for hydroxylation is 1. The summed E-state index contributed by atoms with van der Waals surface area (Å²) in [6.07, 6.45) is 5.17. The predicted molar refractivity (Wildman–Crippen MR) is 70.4 cm³/mol. The fraction of sp³-hybridized carbons (Fsp3) is 0.615. The van der Waals surface area contributed by atoms with Crippen molar-refractivity contribution in [2.24, 2.45) is 0 Å². The standard InChI is InChI=1S/C13H19N3O3/c1-9-8-11(12(17)18)16-13(15-9)14-6-7-19-10-4-2-3-5-10/h8,10H,2-7H2,1H3,(H,17,18)(H,14,15,16). The van der Waals surface area contributed by atoms with Gasteiger partial charge in [-0.05, 0) is 25.8 Å². The summed E-state index contributed by atoms with van der Waals surface area (Å²) >= 11 is 0. The Hall–Kier alpha value is -1.69. The van der Waals surface area contributed by atoms with Crippen LogP contribution in [0.4, 0.5) is 5.95 Å². The van der Waals surface area contributed by atoms with E-state index in [4.69, 9.17) is 9.84 Å². The summed E-state index contributed by atoms with van der Waals surface area (Å²) in [7, 11) is 0. The van der Waals surface area contributed by atoms with Crippen molar-refractivity contribution in [3.05, 3.63) is 17.5 Å². The molecule has 0 aliphatic heterocycles. The third-order valence-corrected chi connectivity index (χ3v) is 3.11. The summed E-state index contributed by atoms with van der Waals surface area (Å²) in [5.41, 5.74) is 0.637. The first-order chi connectivity index (χ1) is 9.15. The van der Waals surface area contributed by atoms with Crippen LogP contribution < -0.4 is 5.32 Å². The highest BCUT2D eigenvalue weighted by atomic mass is 16.5. The molecule has 0 amide bonds. The lowest BCUT2D eigenvalue weighted by molar-refractivity contribution is 0.0658. The van der Waals surface area contributed by atoms with Crippen molar-refractivity contribution in [2.75, 3.05) is 18.5 Å². The lowest BCUT2D eigenvalue weighted by Crippen LogP contribution is -2.17. The Balaban J connectivity index is 1.80. The zero-order valence-electron chi connectivity index (χ0n) is 11.1. The Morgan fingerprint density at radius 2 is 2.21 bits per heavy atom. The molecule has 2 rings (SSSR count). The number of ether oxygens (including phenoxy) is 1. The number of nitrogens with zero attached hydrogens (tertiary/aromatic N) is 2. The maximum Gasteiger partial charge on any atom is 0.354 e. The average molecular weight is 265 g/mol. The molecular weight excluding hydrogens is 246 g/mol. The minimum atomic E-state index is -1.05. The van der Waals surface area contributed by atoms with Gasteiger partial charge in [0.25, 0.3) is 0 Å². The number of aromatic carboxylic acids is 1. The quantitative estimate of drug-likeness (QED) is 0.764. The largest absolute Gasteiger partial charge is 0.477 e. The van der Waals surface area contributed by atoms with Crippen molar-refractivity contribution in [2.45, 2.75) is 38.7 Å². The molecule has 0 saturated heterocycles. The van der Waals surface area contributed by atoms with Crippen LogP contribution in [0.25, 0.3) is 0 Å². The van der Waals surface area contributed by atoms with Gasteiger partial charge in [0.1, 0.15) is 0 Å². The van der Waals surface area contributed by atoms with Gasteiger partial charge in [-0.1, -0.05) is 12.8 Å². The van der Waals surface area contributed by atoms with Crippen LogP contribution in [0.15, 0.2) is 6.07 Å². The smallest absolute Gasteiger partial charge is 0.354 e. The fourth-order valence-corrected chi connectivity index (χ4v) is 2.20. The van der Waals surface area contributed by atoms with Gasteiger partial charge in [-0.15, -0.1) is 0 Å². The number of rotatable bonds is 6. The maximum atomic E-state index is 10.9. The summed E-state index contributed by atoms with van der Waals surface area (Å²) in [6.45, 7) is 2.91. The van der Waals surface area contributed by atoms with Crippen molar-refractivity contribution in [1.29, 1.82) is 0 Å². The van der Waals surface area contributed by atoms with Gasteiger partial charge in [0.15, 0.2) is 5.69 Å². The molecule has 0 radical (unpaired) electrons. The second kappa shape index (κ2) is 6.47. The first-order valence-corrected chi connectivity index (χ1v) is 6.59. The molecule has 2 N–H and O–H groups in total. The van der Waals surface area contributed by atoms with Gasteiger partial charge in [0, 0.05) is 12.2 Å². The van der Waals surface area contributed by atoms with E-state index >= 15 is 0 Å². The molecule has 0 spiro atoms. The van der Waals surface area contributed by atoms with Crippen LogP contribution in [0, 0.1) is 6.92 Å². The summed E-state index contributed by atoms with van der Waals surface area (Å²) in [4.78, 5) is 18.9. The lowest BCUT2D eigenvalue weighted by Gasteiger charge is -2.11. The zero-order valence-corrected chi connectivity index (χ0v) is 11.1. The van der Waals surface area contributed by atoms with E-state index in [0.717, 1.165) is 12.8 Å². The number of nitrogens with one attached hydrogen (secondary N) is 1. The van der Waals surface area contributed by atoms with Crippen LogP contribution in [0.5, 0.6) is 0 Å². The number of carbonyl (C=O) groups is 1. The number of aromatic nitrogens is 2. The molecule has 1 aromatic rings. The fourth-order valence-electron chi connectivity index (χ4n) is 2.20. The number of anilines is 1. The molecule has 19 heavy (non-hydrogen) atoms. The van der Waals surface area contributed by atoms with Crippen molar-refractivity contribution >= 4 is 11.9 Å². The van der Waals surface area contributed by atoms with Crippen molar-refractivity contribution in [1.82, 2.24) is 9.97 Å². The van der Waals surface area contributed by atoms with Crippen molar-refractivity contribution in [3.63, 3.8) is 0 Å². The molecule has 6 heteroatoms. The monoisotopic (exact) mass is 265 g/mol. The lowest BCUT2D eigenvalue weighted by atomic mass is 10.3. The van der Waals surface area contributed by atoms with Crippen LogP contribution in [0.3, 0.4) is 0 Å². The van der Waals surface area contributed by atoms with E-state index in [0.29, 0.717) is 30.9 Å². The van der Waals surface area contributed by atoms with Crippen LogP contribution in [0.1, 0.15) is 41.9 Å². The molecule has 1 aliphatic carbocycles. The van der Waals surface area contributed by atoms with Crippen LogP contribution >= 0.6 is 0 Å². The normalized spacial score (nSPS) is 15.6. The summed E-state index contributed by atoms with van der Waals surface area (Å²) in [5.74, 6) is -0.705. The Labute approximate surface area is 112 Å². The molecule has 1 saturated carbocycles. The van der Waals surface area contributed by atoms with Gasteiger partial charge in [0.05, 0.1) is 12.7 Å². The van der Waals surface area contributed by atoms with Gasteiger partial charge in [-0.3, -0.25) is 0 Å². The molecule has 0 bridgehead atoms.